The molecule has 0 atom stereocenters. The molecule has 1 saturated carbocycles. The number of pyridine rings is 1. The van der Waals surface area contributed by atoms with Crippen molar-refractivity contribution in [1.29, 1.82) is 5.26 Å². The molecule has 0 unspecified atom stereocenters. The highest BCUT2D eigenvalue weighted by atomic mass is 32.2. The highest BCUT2D eigenvalue weighted by molar-refractivity contribution is 7.90. The highest BCUT2D eigenvalue weighted by Crippen LogP contribution is 2.42. The van der Waals surface area contributed by atoms with E-state index in [0.717, 1.165) is 42.1 Å². The number of sulfone groups is 1. The molecular formula is C17H16N6O2S. The predicted molar refractivity (Wildman–Crippen MR) is 93.4 cm³/mol. The summed E-state index contributed by atoms with van der Waals surface area (Å²) in [5.74, 6) is 0.707. The van der Waals surface area contributed by atoms with Crippen molar-refractivity contribution in [2.24, 2.45) is 0 Å². The molecule has 1 aliphatic carbocycles. The van der Waals surface area contributed by atoms with E-state index in [1.165, 1.54) is 6.07 Å². The summed E-state index contributed by atoms with van der Waals surface area (Å²) in [6.07, 6.45) is 7.03. The third kappa shape index (κ3) is 2.54. The Morgan fingerprint density at radius 3 is 2.62 bits per heavy atom. The number of rotatable bonds is 3. The molecule has 0 aromatic carbocycles. The lowest BCUT2D eigenvalue weighted by Crippen LogP contribution is -2.33. The molecule has 4 rings (SSSR count). The fourth-order valence-electron chi connectivity index (χ4n) is 3.14. The molecule has 0 radical (unpaired) electrons. The molecule has 1 fully saturated rings. The van der Waals surface area contributed by atoms with Crippen LogP contribution in [0.4, 0.5) is 0 Å². The summed E-state index contributed by atoms with van der Waals surface area (Å²) in [4.78, 5) is 12.8. The van der Waals surface area contributed by atoms with Gasteiger partial charge in [0.25, 0.3) is 0 Å². The average Bonchev–Trinajstić information content (AvgIpc) is 2.96. The first-order valence-electron chi connectivity index (χ1n) is 8.14. The molecule has 26 heavy (non-hydrogen) atoms. The number of nitriles is 1. The average molecular weight is 368 g/mol. The van der Waals surface area contributed by atoms with Crippen molar-refractivity contribution in [2.45, 2.75) is 36.6 Å². The third-order valence-electron chi connectivity index (χ3n) is 4.76. The van der Waals surface area contributed by atoms with Crippen LogP contribution in [0.2, 0.25) is 0 Å². The Labute approximate surface area is 150 Å². The summed E-state index contributed by atoms with van der Waals surface area (Å²) in [6, 6.07) is 5.64. The number of aromatic nitrogens is 5. The molecule has 9 heteroatoms. The fourth-order valence-corrected chi connectivity index (χ4v) is 3.76. The molecule has 0 bridgehead atoms. The number of fused-ring (bicyclic) bond motifs is 1. The summed E-state index contributed by atoms with van der Waals surface area (Å²) >= 11 is 0. The van der Waals surface area contributed by atoms with Gasteiger partial charge in [-0.2, -0.15) is 10.4 Å². The van der Waals surface area contributed by atoms with Gasteiger partial charge in [-0.1, -0.05) is 0 Å². The van der Waals surface area contributed by atoms with Crippen LogP contribution in [-0.4, -0.2) is 39.4 Å². The van der Waals surface area contributed by atoms with Crippen LogP contribution in [0.5, 0.6) is 0 Å². The smallest absolute Gasteiger partial charge is 0.192 e. The zero-order valence-electron chi connectivity index (χ0n) is 14.3. The molecule has 0 saturated heterocycles. The van der Waals surface area contributed by atoms with Gasteiger partial charge in [-0.05, 0) is 32.3 Å². The van der Waals surface area contributed by atoms with Gasteiger partial charge >= 0.3 is 0 Å². The van der Waals surface area contributed by atoms with E-state index in [2.05, 4.69) is 26.1 Å². The van der Waals surface area contributed by atoms with Gasteiger partial charge < -0.3 is 0 Å². The van der Waals surface area contributed by atoms with Crippen molar-refractivity contribution >= 4 is 20.7 Å². The minimum atomic E-state index is -3.47. The number of nitrogens with zero attached hydrogens (tertiary/aromatic N) is 6. The topological polar surface area (TPSA) is 114 Å². The second kappa shape index (κ2) is 5.57. The first-order chi connectivity index (χ1) is 12.3. The van der Waals surface area contributed by atoms with E-state index < -0.39 is 15.3 Å². The van der Waals surface area contributed by atoms with Gasteiger partial charge in [0.15, 0.2) is 20.7 Å². The SMILES string of the molecule is Cc1nc(-n2ncc3cnc(C4(C#N)CCC4)cc32)cc(S(C)(=O)=O)n1. The zero-order chi connectivity index (χ0) is 18.5. The van der Waals surface area contributed by atoms with Crippen molar-refractivity contribution < 1.29 is 8.42 Å². The molecule has 0 N–H and O–H groups in total. The largest absolute Gasteiger partial charge is 0.259 e. The Kier molecular flexibility index (Phi) is 3.56. The molecule has 1 aliphatic rings. The Hall–Kier alpha value is -2.86. The van der Waals surface area contributed by atoms with Crippen LogP contribution in [0.1, 0.15) is 30.8 Å². The predicted octanol–water partition coefficient (Wildman–Crippen LogP) is 1.87. The summed E-state index contributed by atoms with van der Waals surface area (Å²) in [5.41, 5.74) is 0.909. The van der Waals surface area contributed by atoms with E-state index in [0.29, 0.717) is 11.6 Å². The Morgan fingerprint density at radius 1 is 1.23 bits per heavy atom. The number of aryl methyl sites for hydroxylation is 1. The quantitative estimate of drug-likeness (QED) is 0.648. The molecule has 0 spiro atoms. The van der Waals surface area contributed by atoms with Crippen LogP contribution >= 0.6 is 0 Å². The van der Waals surface area contributed by atoms with Crippen LogP contribution < -0.4 is 0 Å². The lowest BCUT2D eigenvalue weighted by atomic mass is 9.67. The first-order valence-corrected chi connectivity index (χ1v) is 10.0. The summed E-state index contributed by atoms with van der Waals surface area (Å²) in [5, 5.41) is 14.6. The summed E-state index contributed by atoms with van der Waals surface area (Å²) in [7, 11) is -3.47. The van der Waals surface area contributed by atoms with Crippen LogP contribution in [0.15, 0.2) is 29.6 Å². The fraction of sp³-hybridized carbons (Fsp3) is 0.353. The summed E-state index contributed by atoms with van der Waals surface area (Å²) < 4.78 is 25.3. The molecular weight excluding hydrogens is 352 g/mol. The van der Waals surface area contributed by atoms with Gasteiger partial charge in [0.1, 0.15) is 5.82 Å². The van der Waals surface area contributed by atoms with Gasteiger partial charge in [0, 0.05) is 23.9 Å². The van der Waals surface area contributed by atoms with Crippen LogP contribution in [0, 0.1) is 18.3 Å². The number of hydrogen-bond acceptors (Lipinski definition) is 7. The maximum absolute atomic E-state index is 11.9. The minimum absolute atomic E-state index is 0.0505. The van der Waals surface area contributed by atoms with Crippen molar-refractivity contribution in [3.63, 3.8) is 0 Å². The van der Waals surface area contributed by atoms with Crippen LogP contribution in [-0.2, 0) is 15.3 Å². The normalized spacial score (nSPS) is 16.2. The van der Waals surface area contributed by atoms with Gasteiger partial charge in [-0.3, -0.25) is 4.98 Å². The maximum Gasteiger partial charge on any atom is 0.192 e. The minimum Gasteiger partial charge on any atom is -0.259 e. The van der Waals surface area contributed by atoms with E-state index in [1.807, 2.05) is 6.07 Å². The second-order valence-electron chi connectivity index (χ2n) is 6.62. The van der Waals surface area contributed by atoms with E-state index in [9.17, 15) is 13.7 Å². The Morgan fingerprint density at radius 2 is 2.00 bits per heavy atom. The standard InChI is InChI=1S/C17H16N6O2S/c1-11-21-15(7-16(22-11)26(2,24)25)23-13-6-14(17(10-18)4-3-5-17)19-8-12(13)9-20-23/h6-9H,3-5H2,1-2H3. The Bertz CT molecular complexity index is 1170. The molecule has 0 amide bonds. The second-order valence-corrected chi connectivity index (χ2v) is 8.58. The van der Waals surface area contributed by atoms with Crippen LogP contribution in [0.3, 0.4) is 0 Å². The lowest BCUT2D eigenvalue weighted by molar-refractivity contribution is 0.316. The van der Waals surface area contributed by atoms with Gasteiger partial charge in [-0.15, -0.1) is 0 Å². The van der Waals surface area contributed by atoms with E-state index >= 15 is 0 Å². The maximum atomic E-state index is 11.9. The lowest BCUT2D eigenvalue weighted by Gasteiger charge is -2.34. The van der Waals surface area contributed by atoms with Gasteiger partial charge in [-0.25, -0.2) is 23.1 Å². The van der Waals surface area contributed by atoms with E-state index in [1.54, 1.807) is 24.0 Å². The van der Waals surface area contributed by atoms with E-state index in [-0.39, 0.29) is 5.03 Å². The van der Waals surface area contributed by atoms with Crippen molar-refractivity contribution in [2.75, 3.05) is 6.26 Å². The molecule has 8 nitrogen and oxygen atoms in total. The highest BCUT2D eigenvalue weighted by Gasteiger charge is 2.40. The van der Waals surface area contributed by atoms with Crippen molar-refractivity contribution in [3.8, 4) is 11.9 Å². The molecule has 132 valence electrons. The first kappa shape index (κ1) is 16.6. The van der Waals surface area contributed by atoms with Crippen LogP contribution in [0.25, 0.3) is 16.7 Å². The van der Waals surface area contributed by atoms with Gasteiger partial charge in [0.05, 0.1) is 28.9 Å². The summed E-state index contributed by atoms with van der Waals surface area (Å²) in [6.45, 7) is 1.63. The van der Waals surface area contributed by atoms with E-state index in [4.69, 9.17) is 0 Å². The van der Waals surface area contributed by atoms with Crippen molar-refractivity contribution in [3.05, 3.63) is 36.0 Å². The van der Waals surface area contributed by atoms with Gasteiger partial charge in [0.2, 0.25) is 0 Å². The zero-order valence-corrected chi connectivity index (χ0v) is 15.2. The van der Waals surface area contributed by atoms with Crippen molar-refractivity contribution in [1.82, 2.24) is 24.7 Å². The monoisotopic (exact) mass is 368 g/mol. The molecule has 3 heterocycles. The third-order valence-corrected chi connectivity index (χ3v) is 5.73. The molecule has 0 aliphatic heterocycles. The number of hydrogen-bond donors (Lipinski definition) is 0. The molecule has 3 aromatic rings. The Balaban J connectivity index is 1.91. The molecule has 3 aromatic heterocycles.